The quantitative estimate of drug-likeness (QED) is 0.278. The predicted octanol–water partition coefficient (Wildman–Crippen LogP) is 5.04. The van der Waals surface area contributed by atoms with Crippen molar-refractivity contribution in [1.82, 2.24) is 10.2 Å². The zero-order chi connectivity index (χ0) is 31.9. The smallest absolute Gasteiger partial charge is 0.265 e. The molecule has 1 atom stereocenters. The Hall–Kier alpha value is -3.96. The third kappa shape index (κ3) is 7.57. The highest BCUT2D eigenvalue weighted by Crippen LogP contribution is 2.37. The number of amides is 2. The highest BCUT2D eigenvalue weighted by Gasteiger charge is 2.35. The molecule has 1 aliphatic carbocycles. The van der Waals surface area contributed by atoms with Gasteiger partial charge in [0.1, 0.15) is 18.3 Å². The Labute approximate surface area is 263 Å². The van der Waals surface area contributed by atoms with E-state index in [9.17, 15) is 18.0 Å². The number of nitrogens with zero attached hydrogens (tertiary/aromatic N) is 2. The Morgan fingerprint density at radius 2 is 1.55 bits per heavy atom. The molecule has 1 N–H and O–H groups in total. The molecule has 0 aromatic heterocycles. The van der Waals surface area contributed by atoms with Crippen LogP contribution in [0.3, 0.4) is 0 Å². The van der Waals surface area contributed by atoms with Crippen molar-refractivity contribution in [3.8, 4) is 17.2 Å². The average molecular weight is 644 g/mol. The van der Waals surface area contributed by atoms with Crippen LogP contribution < -0.4 is 23.8 Å². The van der Waals surface area contributed by atoms with Gasteiger partial charge in [-0.3, -0.25) is 13.9 Å². The number of hydrogen-bond acceptors (Lipinski definition) is 7. The highest BCUT2D eigenvalue weighted by atomic mass is 35.5. The molecule has 0 radical (unpaired) electrons. The van der Waals surface area contributed by atoms with Gasteiger partial charge in [-0.1, -0.05) is 54.8 Å². The number of carbonyl (C=O) groups excluding carboxylic acids is 2. The number of methoxy groups -OCH3 is 3. The van der Waals surface area contributed by atoms with Crippen LogP contribution in [0.15, 0.2) is 71.6 Å². The molecular weight excluding hydrogens is 606 g/mol. The molecule has 1 unspecified atom stereocenters. The molecule has 0 bridgehead atoms. The molecule has 1 fully saturated rings. The van der Waals surface area contributed by atoms with Crippen molar-refractivity contribution in [1.29, 1.82) is 0 Å². The largest absolute Gasteiger partial charge is 0.495 e. The first kappa shape index (κ1) is 32.9. The maximum absolute atomic E-state index is 14.3. The maximum atomic E-state index is 14.3. The molecule has 3 aromatic carbocycles. The van der Waals surface area contributed by atoms with Crippen LogP contribution in [0.1, 0.15) is 38.2 Å². The third-order valence-electron chi connectivity index (χ3n) is 7.70. The molecule has 3 aromatic rings. The number of benzene rings is 3. The minimum atomic E-state index is -4.42. The standard InChI is InChI=1S/C32H38ClN3O7S/c1-22(32(38)34-25-12-8-9-13-25)35(20-23-10-6-5-7-11-23)31(37)21-36(27-18-24(33)14-16-28(27)41-2)44(39,40)26-15-17-29(42-3)30(19-26)43-4/h5-7,10-11,14-19,22,25H,8-9,12-13,20-21H2,1-4H3,(H,34,38). The number of nitrogens with one attached hydrogen (secondary N) is 1. The van der Waals surface area contributed by atoms with Crippen LogP contribution in [0.25, 0.3) is 0 Å². The molecule has 0 aliphatic heterocycles. The van der Waals surface area contributed by atoms with Gasteiger partial charge in [0.25, 0.3) is 10.0 Å². The molecule has 1 aliphatic rings. The molecule has 12 heteroatoms. The SMILES string of the molecule is COc1ccc(S(=O)(=O)N(CC(=O)N(Cc2ccccc2)C(C)C(=O)NC2CCCC2)c2cc(Cl)ccc2OC)cc1OC. The van der Waals surface area contributed by atoms with Crippen molar-refractivity contribution in [3.05, 3.63) is 77.3 Å². The number of rotatable bonds is 13. The summed E-state index contributed by atoms with van der Waals surface area (Å²) in [4.78, 5) is 28.9. The van der Waals surface area contributed by atoms with Crippen molar-refractivity contribution in [2.24, 2.45) is 0 Å². The lowest BCUT2D eigenvalue weighted by Crippen LogP contribution is -2.52. The lowest BCUT2D eigenvalue weighted by Gasteiger charge is -2.33. The number of ether oxygens (including phenoxy) is 3. The van der Waals surface area contributed by atoms with E-state index < -0.39 is 28.5 Å². The summed E-state index contributed by atoms with van der Waals surface area (Å²) in [5.41, 5.74) is 0.849. The third-order valence-corrected chi connectivity index (χ3v) is 9.69. The minimum Gasteiger partial charge on any atom is -0.495 e. The molecule has 236 valence electrons. The topological polar surface area (TPSA) is 114 Å². The molecule has 44 heavy (non-hydrogen) atoms. The van der Waals surface area contributed by atoms with Gasteiger partial charge >= 0.3 is 0 Å². The van der Waals surface area contributed by atoms with Crippen molar-refractivity contribution in [3.63, 3.8) is 0 Å². The summed E-state index contributed by atoms with van der Waals surface area (Å²) in [5.74, 6) is -0.163. The molecule has 0 spiro atoms. The van der Waals surface area contributed by atoms with Crippen LogP contribution in [-0.4, -0.2) is 65.1 Å². The van der Waals surface area contributed by atoms with E-state index in [1.807, 2.05) is 30.3 Å². The summed E-state index contributed by atoms with van der Waals surface area (Å²) in [6, 6.07) is 17.1. The molecular formula is C32H38ClN3O7S. The average Bonchev–Trinajstić information content (AvgIpc) is 3.55. The molecule has 0 saturated heterocycles. The van der Waals surface area contributed by atoms with Crippen LogP contribution in [-0.2, 0) is 26.2 Å². The van der Waals surface area contributed by atoms with E-state index in [4.69, 9.17) is 25.8 Å². The van der Waals surface area contributed by atoms with Gasteiger partial charge in [-0.25, -0.2) is 8.42 Å². The highest BCUT2D eigenvalue weighted by molar-refractivity contribution is 7.92. The normalized spacial score (nSPS) is 14.0. The van der Waals surface area contributed by atoms with E-state index >= 15 is 0 Å². The summed E-state index contributed by atoms with van der Waals surface area (Å²) in [6.07, 6.45) is 3.85. The van der Waals surface area contributed by atoms with Gasteiger partial charge in [0.05, 0.1) is 31.9 Å². The number of sulfonamides is 1. The second-order valence-electron chi connectivity index (χ2n) is 10.5. The van der Waals surface area contributed by atoms with Gasteiger partial charge in [0.2, 0.25) is 11.8 Å². The van der Waals surface area contributed by atoms with E-state index in [0.717, 1.165) is 35.6 Å². The van der Waals surface area contributed by atoms with Crippen molar-refractivity contribution >= 4 is 39.1 Å². The predicted molar refractivity (Wildman–Crippen MR) is 169 cm³/mol. The summed E-state index contributed by atoms with van der Waals surface area (Å²) in [6.45, 7) is 1.11. The zero-order valence-electron chi connectivity index (χ0n) is 25.3. The van der Waals surface area contributed by atoms with E-state index in [0.29, 0.717) is 5.75 Å². The lowest BCUT2D eigenvalue weighted by atomic mass is 10.1. The minimum absolute atomic E-state index is 0.0521. The van der Waals surface area contributed by atoms with Crippen LogP contribution in [0.2, 0.25) is 5.02 Å². The van der Waals surface area contributed by atoms with Gasteiger partial charge in [0.15, 0.2) is 11.5 Å². The molecule has 4 rings (SSSR count). The van der Waals surface area contributed by atoms with Crippen LogP contribution in [0.4, 0.5) is 5.69 Å². The fraction of sp³-hybridized carbons (Fsp3) is 0.375. The van der Waals surface area contributed by atoms with Crippen molar-refractivity contribution < 1.29 is 32.2 Å². The first-order chi connectivity index (χ1) is 21.1. The molecule has 2 amide bonds. The summed E-state index contributed by atoms with van der Waals surface area (Å²) in [5, 5.41) is 3.30. The van der Waals surface area contributed by atoms with Gasteiger partial charge < -0.3 is 24.4 Å². The summed E-state index contributed by atoms with van der Waals surface area (Å²) in [7, 11) is -0.179. The van der Waals surface area contributed by atoms with E-state index in [1.165, 1.54) is 56.6 Å². The van der Waals surface area contributed by atoms with Gasteiger partial charge in [-0.2, -0.15) is 0 Å². The fourth-order valence-corrected chi connectivity index (χ4v) is 6.83. The van der Waals surface area contributed by atoms with E-state index in [2.05, 4.69) is 5.32 Å². The van der Waals surface area contributed by atoms with Gasteiger partial charge in [-0.05, 0) is 55.7 Å². The van der Waals surface area contributed by atoms with Crippen molar-refractivity contribution in [2.75, 3.05) is 32.2 Å². The first-order valence-corrected chi connectivity index (χ1v) is 16.1. The maximum Gasteiger partial charge on any atom is 0.265 e. The van der Waals surface area contributed by atoms with E-state index in [1.54, 1.807) is 13.0 Å². The molecule has 0 heterocycles. The lowest BCUT2D eigenvalue weighted by molar-refractivity contribution is -0.139. The van der Waals surface area contributed by atoms with Gasteiger partial charge in [0, 0.05) is 23.7 Å². The van der Waals surface area contributed by atoms with Crippen LogP contribution in [0, 0.1) is 0 Å². The number of anilines is 1. The second-order valence-corrected chi connectivity index (χ2v) is 12.8. The van der Waals surface area contributed by atoms with E-state index in [-0.39, 0.29) is 45.6 Å². The Bertz CT molecular complexity index is 1560. The summed E-state index contributed by atoms with van der Waals surface area (Å²) >= 11 is 6.32. The summed E-state index contributed by atoms with van der Waals surface area (Å²) < 4.78 is 45.7. The number of carbonyl (C=O) groups is 2. The van der Waals surface area contributed by atoms with Crippen LogP contribution >= 0.6 is 11.6 Å². The number of hydrogen-bond donors (Lipinski definition) is 1. The Morgan fingerprint density at radius 3 is 2.18 bits per heavy atom. The Kier molecular flexibility index (Phi) is 11.0. The Balaban J connectivity index is 1.76. The first-order valence-electron chi connectivity index (χ1n) is 14.3. The van der Waals surface area contributed by atoms with Gasteiger partial charge in [-0.15, -0.1) is 0 Å². The number of halogens is 1. The Morgan fingerprint density at radius 1 is 0.909 bits per heavy atom. The van der Waals surface area contributed by atoms with Crippen molar-refractivity contribution in [2.45, 2.75) is 56.1 Å². The molecule has 10 nitrogen and oxygen atoms in total. The zero-order valence-corrected chi connectivity index (χ0v) is 26.9. The van der Waals surface area contributed by atoms with Crippen LogP contribution in [0.5, 0.6) is 17.2 Å². The molecule has 1 saturated carbocycles. The monoisotopic (exact) mass is 643 g/mol. The second kappa shape index (κ2) is 14.7. The fourth-order valence-electron chi connectivity index (χ4n) is 5.23.